The van der Waals surface area contributed by atoms with Crippen LogP contribution >= 0.6 is 0 Å². The number of aryl methyl sites for hydroxylation is 2. The summed E-state index contributed by atoms with van der Waals surface area (Å²) >= 11 is 0. The average Bonchev–Trinajstić information content (AvgIpc) is 2.98. The second-order valence-corrected chi connectivity index (χ2v) is 10.5. The zero-order chi connectivity index (χ0) is 27.8. The summed E-state index contributed by atoms with van der Waals surface area (Å²) in [4.78, 5) is 4.96. The molecule has 40 heavy (non-hydrogen) atoms. The van der Waals surface area contributed by atoms with Crippen molar-refractivity contribution < 1.29 is 18.9 Å². The maximum atomic E-state index is 5.88. The molecule has 1 fully saturated rings. The van der Waals surface area contributed by atoms with Crippen molar-refractivity contribution in [2.75, 3.05) is 77.3 Å². The van der Waals surface area contributed by atoms with Crippen LogP contribution in [0, 0.1) is 13.8 Å². The summed E-state index contributed by atoms with van der Waals surface area (Å²) in [5, 5.41) is 0. The van der Waals surface area contributed by atoms with Gasteiger partial charge in [0, 0.05) is 38.4 Å². The Hall–Kier alpha value is -3.06. The van der Waals surface area contributed by atoms with E-state index in [9.17, 15) is 0 Å². The third kappa shape index (κ3) is 10.8. The van der Waals surface area contributed by atoms with Crippen LogP contribution in [0.1, 0.15) is 29.5 Å². The van der Waals surface area contributed by atoms with Crippen LogP contribution in [0.5, 0.6) is 11.5 Å². The monoisotopic (exact) mass is 546 g/mol. The molecule has 1 saturated heterocycles. The van der Waals surface area contributed by atoms with E-state index in [1.165, 1.54) is 22.4 Å². The highest BCUT2D eigenvalue weighted by Gasteiger charge is 2.16. The van der Waals surface area contributed by atoms with Gasteiger partial charge in [0.25, 0.3) is 0 Å². The van der Waals surface area contributed by atoms with Crippen LogP contribution in [0.2, 0.25) is 0 Å². The summed E-state index contributed by atoms with van der Waals surface area (Å²) in [5.74, 6) is 1.85. The molecule has 0 spiro atoms. The lowest BCUT2D eigenvalue weighted by molar-refractivity contribution is 0.0390. The van der Waals surface area contributed by atoms with Gasteiger partial charge in [-0.25, -0.2) is 0 Å². The Morgan fingerprint density at radius 2 is 1.27 bits per heavy atom. The molecule has 216 valence electrons. The minimum Gasteiger partial charge on any atom is -0.494 e. The smallest absolute Gasteiger partial charge is 0.119 e. The molecule has 3 aromatic rings. The van der Waals surface area contributed by atoms with Crippen molar-refractivity contribution >= 4 is 5.69 Å². The fraction of sp³-hybridized carbons (Fsp3) is 0.471. The largest absolute Gasteiger partial charge is 0.494 e. The van der Waals surface area contributed by atoms with Crippen molar-refractivity contribution in [3.05, 3.63) is 89.5 Å². The van der Waals surface area contributed by atoms with E-state index in [1.54, 1.807) is 0 Å². The molecule has 0 bridgehead atoms. The Kier molecular flexibility index (Phi) is 12.6. The van der Waals surface area contributed by atoms with E-state index in [-0.39, 0.29) is 0 Å². The lowest BCUT2D eigenvalue weighted by atomic mass is 10.1. The summed E-state index contributed by atoms with van der Waals surface area (Å²) in [6, 6.07) is 25.3. The number of unbranched alkanes of at least 4 members (excludes halogenated alkanes) is 1. The SMILES string of the molecule is Cc1ccc(N2CCN(CCOCCOCCc3ccc(OCCCCOc4cccc(C)c4)cc3)CC2)cc1. The molecule has 6 heteroatoms. The first-order chi connectivity index (χ1) is 19.7. The lowest BCUT2D eigenvalue weighted by Gasteiger charge is -2.36. The van der Waals surface area contributed by atoms with E-state index < -0.39 is 0 Å². The minimum absolute atomic E-state index is 0.635. The van der Waals surface area contributed by atoms with E-state index >= 15 is 0 Å². The first-order valence-corrected chi connectivity index (χ1v) is 14.8. The van der Waals surface area contributed by atoms with Gasteiger partial charge in [-0.05, 0) is 80.6 Å². The van der Waals surface area contributed by atoms with E-state index in [0.717, 1.165) is 70.1 Å². The van der Waals surface area contributed by atoms with Gasteiger partial charge in [0.05, 0.1) is 39.6 Å². The summed E-state index contributed by atoms with van der Waals surface area (Å²) in [6.45, 7) is 13.7. The lowest BCUT2D eigenvalue weighted by Crippen LogP contribution is -2.47. The Morgan fingerprint density at radius 1 is 0.600 bits per heavy atom. The highest BCUT2D eigenvalue weighted by atomic mass is 16.5. The molecule has 0 unspecified atom stereocenters. The van der Waals surface area contributed by atoms with Crippen LogP contribution in [-0.2, 0) is 15.9 Å². The Balaban J connectivity index is 0.955. The van der Waals surface area contributed by atoms with E-state index in [0.29, 0.717) is 33.0 Å². The molecular formula is C34H46N2O4. The van der Waals surface area contributed by atoms with Gasteiger partial charge in [-0.15, -0.1) is 0 Å². The topological polar surface area (TPSA) is 43.4 Å². The van der Waals surface area contributed by atoms with Crippen molar-refractivity contribution in [1.29, 1.82) is 0 Å². The molecule has 0 aromatic heterocycles. The number of hydrogen-bond acceptors (Lipinski definition) is 6. The molecular weight excluding hydrogens is 500 g/mol. The molecule has 4 rings (SSSR count). The second-order valence-electron chi connectivity index (χ2n) is 10.5. The summed E-state index contributed by atoms with van der Waals surface area (Å²) in [6.07, 6.45) is 2.83. The number of piperazine rings is 1. The number of rotatable bonds is 17. The van der Waals surface area contributed by atoms with Crippen molar-refractivity contribution in [3.8, 4) is 11.5 Å². The van der Waals surface area contributed by atoms with Crippen LogP contribution in [0.25, 0.3) is 0 Å². The van der Waals surface area contributed by atoms with Gasteiger partial charge in [0.15, 0.2) is 0 Å². The molecule has 0 saturated carbocycles. The molecule has 0 atom stereocenters. The number of benzene rings is 3. The normalized spacial score (nSPS) is 13.9. The average molecular weight is 547 g/mol. The van der Waals surface area contributed by atoms with Gasteiger partial charge in [0.2, 0.25) is 0 Å². The molecule has 3 aromatic carbocycles. The first kappa shape index (κ1) is 29.9. The zero-order valence-electron chi connectivity index (χ0n) is 24.4. The van der Waals surface area contributed by atoms with Crippen molar-refractivity contribution in [2.24, 2.45) is 0 Å². The van der Waals surface area contributed by atoms with E-state index in [2.05, 4.69) is 72.2 Å². The van der Waals surface area contributed by atoms with Crippen LogP contribution in [0.4, 0.5) is 5.69 Å². The standard InChI is InChI=1S/C34H46N2O4/c1-29-8-12-32(13-9-29)36-19-17-35(18-20-36)21-25-38-27-26-37-24-16-31-10-14-33(15-11-31)39-22-3-4-23-40-34-7-5-6-30(2)28-34/h5-15,28H,3-4,16-27H2,1-2H3. The third-order valence-corrected chi connectivity index (χ3v) is 7.22. The van der Waals surface area contributed by atoms with Gasteiger partial charge in [-0.1, -0.05) is 42.0 Å². The fourth-order valence-corrected chi connectivity index (χ4v) is 4.73. The molecule has 1 heterocycles. The number of hydrogen-bond donors (Lipinski definition) is 0. The molecule has 1 aliphatic rings. The van der Waals surface area contributed by atoms with Gasteiger partial charge < -0.3 is 23.8 Å². The van der Waals surface area contributed by atoms with Crippen LogP contribution in [-0.4, -0.2) is 77.3 Å². The van der Waals surface area contributed by atoms with Crippen molar-refractivity contribution in [2.45, 2.75) is 33.1 Å². The maximum Gasteiger partial charge on any atom is 0.119 e. The predicted octanol–water partition coefficient (Wildman–Crippen LogP) is 5.94. The number of nitrogens with zero attached hydrogens (tertiary/aromatic N) is 2. The van der Waals surface area contributed by atoms with Crippen LogP contribution in [0.3, 0.4) is 0 Å². The summed E-state index contributed by atoms with van der Waals surface area (Å²) in [5.41, 5.74) is 5.11. The highest BCUT2D eigenvalue weighted by molar-refractivity contribution is 5.47. The Labute approximate surface area is 240 Å². The second kappa shape index (κ2) is 16.9. The molecule has 1 aliphatic heterocycles. The summed E-state index contributed by atoms with van der Waals surface area (Å²) < 4.78 is 23.3. The first-order valence-electron chi connectivity index (χ1n) is 14.8. The van der Waals surface area contributed by atoms with Crippen LogP contribution < -0.4 is 14.4 Å². The van der Waals surface area contributed by atoms with Crippen molar-refractivity contribution in [3.63, 3.8) is 0 Å². The highest BCUT2D eigenvalue weighted by Crippen LogP contribution is 2.17. The van der Waals surface area contributed by atoms with Crippen molar-refractivity contribution in [1.82, 2.24) is 4.90 Å². The predicted molar refractivity (Wildman–Crippen MR) is 163 cm³/mol. The van der Waals surface area contributed by atoms with E-state index in [1.807, 2.05) is 24.3 Å². The van der Waals surface area contributed by atoms with Gasteiger partial charge in [-0.2, -0.15) is 0 Å². The minimum atomic E-state index is 0.635. The maximum absolute atomic E-state index is 5.88. The fourth-order valence-electron chi connectivity index (χ4n) is 4.73. The third-order valence-electron chi connectivity index (χ3n) is 7.22. The van der Waals surface area contributed by atoms with Crippen LogP contribution in [0.15, 0.2) is 72.8 Å². The Bertz CT molecular complexity index is 1100. The molecule has 0 amide bonds. The van der Waals surface area contributed by atoms with Gasteiger partial charge in [0.1, 0.15) is 11.5 Å². The van der Waals surface area contributed by atoms with E-state index in [4.69, 9.17) is 18.9 Å². The number of anilines is 1. The van der Waals surface area contributed by atoms with Gasteiger partial charge >= 0.3 is 0 Å². The zero-order valence-corrected chi connectivity index (χ0v) is 24.4. The number of ether oxygens (including phenoxy) is 4. The molecule has 0 N–H and O–H groups in total. The van der Waals surface area contributed by atoms with Gasteiger partial charge in [-0.3, -0.25) is 4.90 Å². The Morgan fingerprint density at radius 3 is 1.98 bits per heavy atom. The quantitative estimate of drug-likeness (QED) is 0.195. The molecule has 6 nitrogen and oxygen atoms in total. The molecule has 0 radical (unpaired) electrons. The molecule has 0 aliphatic carbocycles. The summed E-state index contributed by atoms with van der Waals surface area (Å²) in [7, 11) is 0.